The molecule has 68 valence electrons. The van der Waals surface area contributed by atoms with Crippen LogP contribution in [0.5, 0.6) is 0 Å². The minimum absolute atomic E-state index is 0.453. The van der Waals surface area contributed by atoms with Crippen LogP contribution >= 0.6 is 0 Å². The summed E-state index contributed by atoms with van der Waals surface area (Å²) < 4.78 is 0. The molecule has 0 spiro atoms. The Balaban J connectivity index is 0.000000461. The second-order valence-corrected chi connectivity index (χ2v) is 3.06. The Morgan fingerprint density at radius 3 is 1.91 bits per heavy atom. The van der Waals surface area contributed by atoms with Gasteiger partial charge in [0.25, 0.3) is 0 Å². The van der Waals surface area contributed by atoms with Gasteiger partial charge in [0.2, 0.25) is 0 Å². The highest BCUT2D eigenvalue weighted by atomic mass is 15.3. The third kappa shape index (κ3) is 2.46. The second-order valence-electron chi connectivity index (χ2n) is 3.06. The minimum Gasteiger partial charge on any atom is -0.312 e. The van der Waals surface area contributed by atoms with Crippen LogP contribution < -0.4 is 5.32 Å². The van der Waals surface area contributed by atoms with Gasteiger partial charge in [-0.2, -0.15) is 0 Å². The molecule has 0 radical (unpaired) electrons. The molecule has 0 atom stereocenters. The van der Waals surface area contributed by atoms with Crippen molar-refractivity contribution in [1.82, 2.24) is 10.2 Å². The Hall–Kier alpha value is -0.0800. The Labute approximate surface area is 71.0 Å². The highest BCUT2D eigenvalue weighted by molar-refractivity contribution is 4.99. The molecular weight excluding hydrogens is 136 g/mol. The van der Waals surface area contributed by atoms with Gasteiger partial charge in [-0.1, -0.05) is 20.8 Å². The molecule has 0 aliphatic carbocycles. The summed E-state index contributed by atoms with van der Waals surface area (Å²) in [6.07, 6.45) is 1.24. The van der Waals surface area contributed by atoms with Crippen LogP contribution in [0.15, 0.2) is 0 Å². The van der Waals surface area contributed by atoms with E-state index in [0.29, 0.717) is 5.54 Å². The number of likely N-dealkylation sites (N-methyl/N-ethyl adjacent to an activating group) is 2. The monoisotopic (exact) mass is 158 g/mol. The molecule has 1 fully saturated rings. The van der Waals surface area contributed by atoms with Gasteiger partial charge < -0.3 is 10.2 Å². The van der Waals surface area contributed by atoms with E-state index in [1.165, 1.54) is 19.5 Å². The average molecular weight is 158 g/mol. The lowest BCUT2D eigenvalue weighted by atomic mass is 9.88. The summed E-state index contributed by atoms with van der Waals surface area (Å²) in [5, 5.41) is 3.35. The third-order valence-electron chi connectivity index (χ3n) is 2.35. The molecule has 0 aromatic heterocycles. The van der Waals surface area contributed by atoms with Crippen LogP contribution in [-0.4, -0.2) is 37.6 Å². The van der Waals surface area contributed by atoms with Crippen LogP contribution in [0.25, 0.3) is 0 Å². The van der Waals surface area contributed by atoms with Crippen molar-refractivity contribution in [2.24, 2.45) is 0 Å². The van der Waals surface area contributed by atoms with Gasteiger partial charge in [-0.05, 0) is 20.5 Å². The molecule has 1 aliphatic rings. The van der Waals surface area contributed by atoms with Gasteiger partial charge in [0.05, 0.1) is 0 Å². The van der Waals surface area contributed by atoms with Gasteiger partial charge in [-0.3, -0.25) is 0 Å². The van der Waals surface area contributed by atoms with Crippen LogP contribution in [0.1, 0.15) is 27.2 Å². The standard InChI is InChI=1S/C7H16N2.C2H6/c1-4-7(8-2)5-9(3)6-7;1-2/h8H,4-6H2,1-3H3;1-2H3. The van der Waals surface area contributed by atoms with Crippen molar-refractivity contribution < 1.29 is 0 Å². The van der Waals surface area contributed by atoms with Gasteiger partial charge in [-0.25, -0.2) is 0 Å². The van der Waals surface area contributed by atoms with Crippen LogP contribution in [0.4, 0.5) is 0 Å². The van der Waals surface area contributed by atoms with Crippen molar-refractivity contribution in [2.75, 3.05) is 27.2 Å². The Kier molecular flexibility index (Phi) is 4.69. The van der Waals surface area contributed by atoms with Crippen molar-refractivity contribution in [3.8, 4) is 0 Å². The molecule has 1 N–H and O–H groups in total. The first kappa shape index (κ1) is 10.9. The molecule has 1 saturated heterocycles. The zero-order valence-electron chi connectivity index (χ0n) is 8.57. The quantitative estimate of drug-likeness (QED) is 0.652. The third-order valence-corrected chi connectivity index (χ3v) is 2.35. The molecule has 2 nitrogen and oxygen atoms in total. The summed E-state index contributed by atoms with van der Waals surface area (Å²) >= 11 is 0. The molecule has 0 aromatic carbocycles. The summed E-state index contributed by atoms with van der Waals surface area (Å²) in [7, 11) is 4.21. The fraction of sp³-hybridized carbons (Fsp3) is 1.00. The molecule has 1 aliphatic heterocycles. The van der Waals surface area contributed by atoms with Crippen LogP contribution in [0, 0.1) is 0 Å². The maximum absolute atomic E-state index is 3.35. The normalized spacial score (nSPS) is 21.5. The Morgan fingerprint density at radius 1 is 1.36 bits per heavy atom. The van der Waals surface area contributed by atoms with Gasteiger partial charge in [0.15, 0.2) is 0 Å². The van der Waals surface area contributed by atoms with E-state index < -0.39 is 0 Å². The summed E-state index contributed by atoms with van der Waals surface area (Å²) in [5.41, 5.74) is 0.453. The lowest BCUT2D eigenvalue weighted by molar-refractivity contribution is 0.0690. The number of nitrogens with one attached hydrogen (secondary N) is 1. The van der Waals surface area contributed by atoms with Crippen LogP contribution in [0.3, 0.4) is 0 Å². The van der Waals surface area contributed by atoms with E-state index in [9.17, 15) is 0 Å². The predicted molar refractivity (Wildman–Crippen MR) is 50.9 cm³/mol. The number of rotatable bonds is 2. The number of hydrogen-bond donors (Lipinski definition) is 1. The van der Waals surface area contributed by atoms with Crippen molar-refractivity contribution >= 4 is 0 Å². The van der Waals surface area contributed by atoms with E-state index in [4.69, 9.17) is 0 Å². The lowest BCUT2D eigenvalue weighted by Gasteiger charge is -2.48. The van der Waals surface area contributed by atoms with Crippen molar-refractivity contribution in [1.29, 1.82) is 0 Å². The van der Waals surface area contributed by atoms with Gasteiger partial charge in [-0.15, -0.1) is 0 Å². The lowest BCUT2D eigenvalue weighted by Crippen LogP contribution is -2.66. The second kappa shape index (κ2) is 4.73. The van der Waals surface area contributed by atoms with Crippen LogP contribution in [-0.2, 0) is 0 Å². The zero-order chi connectivity index (χ0) is 8.91. The highest BCUT2D eigenvalue weighted by Gasteiger charge is 2.37. The van der Waals surface area contributed by atoms with Crippen molar-refractivity contribution in [3.63, 3.8) is 0 Å². The summed E-state index contributed by atoms with van der Waals surface area (Å²) in [5.74, 6) is 0. The summed E-state index contributed by atoms with van der Waals surface area (Å²) in [4.78, 5) is 2.33. The fourth-order valence-corrected chi connectivity index (χ4v) is 1.55. The molecule has 0 unspecified atom stereocenters. The molecule has 0 amide bonds. The molecule has 0 saturated carbocycles. The van der Waals surface area contributed by atoms with Crippen molar-refractivity contribution in [2.45, 2.75) is 32.7 Å². The van der Waals surface area contributed by atoms with Crippen LogP contribution in [0.2, 0.25) is 0 Å². The van der Waals surface area contributed by atoms with E-state index in [1.54, 1.807) is 0 Å². The maximum atomic E-state index is 3.35. The smallest absolute Gasteiger partial charge is 0.0432 e. The first-order chi connectivity index (χ1) is 5.22. The molecule has 1 heterocycles. The Bertz CT molecular complexity index is 89.7. The van der Waals surface area contributed by atoms with Gasteiger partial charge >= 0.3 is 0 Å². The number of nitrogens with zero attached hydrogens (tertiary/aromatic N) is 1. The number of hydrogen-bond acceptors (Lipinski definition) is 2. The molecule has 0 aromatic rings. The molecule has 0 bridgehead atoms. The van der Waals surface area contributed by atoms with Gasteiger partial charge in [0, 0.05) is 18.6 Å². The summed E-state index contributed by atoms with van der Waals surface area (Å²) in [6, 6.07) is 0. The van der Waals surface area contributed by atoms with E-state index in [2.05, 4.69) is 31.2 Å². The molecule has 11 heavy (non-hydrogen) atoms. The first-order valence-electron chi connectivity index (χ1n) is 4.60. The topological polar surface area (TPSA) is 15.3 Å². The Morgan fingerprint density at radius 2 is 1.82 bits per heavy atom. The predicted octanol–water partition coefficient (Wildman–Crippen LogP) is 1.33. The maximum Gasteiger partial charge on any atom is 0.0432 e. The van der Waals surface area contributed by atoms with E-state index in [-0.39, 0.29) is 0 Å². The average Bonchev–Trinajstić information content (AvgIpc) is 2.02. The van der Waals surface area contributed by atoms with Crippen molar-refractivity contribution in [3.05, 3.63) is 0 Å². The fourth-order valence-electron chi connectivity index (χ4n) is 1.55. The van der Waals surface area contributed by atoms with E-state index >= 15 is 0 Å². The number of likely N-dealkylation sites (tertiary alicyclic amines) is 1. The van der Waals surface area contributed by atoms with E-state index in [1.807, 2.05) is 13.8 Å². The minimum atomic E-state index is 0.453. The largest absolute Gasteiger partial charge is 0.312 e. The van der Waals surface area contributed by atoms with Gasteiger partial charge in [0.1, 0.15) is 0 Å². The highest BCUT2D eigenvalue weighted by Crippen LogP contribution is 2.21. The van der Waals surface area contributed by atoms with E-state index in [0.717, 1.165) is 0 Å². The summed E-state index contributed by atoms with van der Waals surface area (Å²) in [6.45, 7) is 8.66. The zero-order valence-corrected chi connectivity index (χ0v) is 8.57. The molecule has 2 heteroatoms. The molecule has 1 rings (SSSR count). The SMILES string of the molecule is CC.CCC1(NC)CN(C)C1. The molecular formula is C9H22N2. The first-order valence-corrected chi connectivity index (χ1v) is 4.60.